The second kappa shape index (κ2) is 6.26. The Morgan fingerprint density at radius 3 is 2.76 bits per heavy atom. The number of carboxylic acids is 1. The maximum Gasteiger partial charge on any atom is 0.321 e. The minimum absolute atomic E-state index is 0.115. The van der Waals surface area contributed by atoms with Gasteiger partial charge in [0.1, 0.15) is 5.92 Å². The molecule has 1 aromatic rings. The number of carbonyl (C=O) groups is 2. The quantitative estimate of drug-likeness (QED) is 0.873. The molecule has 0 radical (unpaired) electrons. The van der Waals surface area contributed by atoms with Crippen molar-refractivity contribution in [3.63, 3.8) is 0 Å². The van der Waals surface area contributed by atoms with Crippen LogP contribution >= 0.6 is 0 Å². The number of hydrogen-bond donors (Lipinski definition) is 2. The van der Waals surface area contributed by atoms with Crippen molar-refractivity contribution in [2.24, 2.45) is 0 Å². The van der Waals surface area contributed by atoms with E-state index in [9.17, 15) is 18.9 Å². The molecular weight excluding hydrogens is 292 g/mol. The molecule has 2 amide bonds. The molecule has 1 aromatic carbocycles. The first-order valence-electron chi connectivity index (χ1n) is 6.61. The lowest BCUT2D eigenvalue weighted by atomic mass is 10.0. The Labute approximate surface area is 125 Å². The average Bonchev–Trinajstić information content (AvgIpc) is 2.84. The van der Waals surface area contributed by atoms with Gasteiger partial charge in [0.2, 0.25) is 0 Å². The Kier molecular flexibility index (Phi) is 4.62. The van der Waals surface area contributed by atoms with Gasteiger partial charge < -0.3 is 10.4 Å². The highest BCUT2D eigenvalue weighted by atomic mass is 32.2. The number of anilines is 1. The number of nitrogens with zero attached hydrogens (tertiary/aromatic N) is 1. The van der Waals surface area contributed by atoms with Gasteiger partial charge in [0, 0.05) is 41.1 Å². The molecule has 0 bridgehead atoms. The zero-order valence-electron chi connectivity index (χ0n) is 11.9. The maximum absolute atomic E-state index is 12.2. The highest BCUT2D eigenvalue weighted by molar-refractivity contribution is 7.84. The van der Waals surface area contributed by atoms with Crippen LogP contribution in [-0.2, 0) is 15.6 Å². The first-order valence-corrected chi connectivity index (χ1v) is 8.23. The monoisotopic (exact) mass is 310 g/mol. The third-order valence-electron chi connectivity index (χ3n) is 3.62. The number of hydrogen-bond acceptors (Lipinski definition) is 3. The van der Waals surface area contributed by atoms with Gasteiger partial charge in [-0.25, -0.2) is 4.79 Å². The van der Waals surface area contributed by atoms with Crippen LogP contribution in [0.5, 0.6) is 0 Å². The van der Waals surface area contributed by atoms with Crippen molar-refractivity contribution < 1.29 is 18.9 Å². The highest BCUT2D eigenvalue weighted by Crippen LogP contribution is 2.36. The summed E-state index contributed by atoms with van der Waals surface area (Å²) in [4.78, 5) is 24.9. The zero-order valence-corrected chi connectivity index (χ0v) is 12.7. The SMILES string of the molecule is CC(CNC(=O)N1CC(C(=O)O)c2ccccc21)S(C)=O. The van der Waals surface area contributed by atoms with Crippen molar-refractivity contribution in [2.75, 3.05) is 24.2 Å². The standard InChI is InChI=1S/C14H18N2O4S/c1-9(21(2)20)7-15-14(19)16-8-11(13(17)18)10-5-3-4-6-12(10)16/h3-6,9,11H,7-8H2,1-2H3,(H,15,19)(H,17,18). The summed E-state index contributed by atoms with van der Waals surface area (Å²) < 4.78 is 11.3. The number of nitrogens with one attached hydrogen (secondary N) is 1. The fraction of sp³-hybridized carbons (Fsp3) is 0.429. The molecular formula is C14H18N2O4S. The fourth-order valence-electron chi connectivity index (χ4n) is 2.25. The summed E-state index contributed by atoms with van der Waals surface area (Å²) in [5.41, 5.74) is 1.26. The van der Waals surface area contributed by atoms with E-state index in [1.165, 1.54) is 4.90 Å². The lowest BCUT2D eigenvalue weighted by Gasteiger charge is -2.19. The van der Waals surface area contributed by atoms with Gasteiger partial charge in [-0.05, 0) is 18.6 Å². The van der Waals surface area contributed by atoms with E-state index in [1.54, 1.807) is 37.4 Å². The predicted molar refractivity (Wildman–Crippen MR) is 81.1 cm³/mol. The largest absolute Gasteiger partial charge is 0.481 e. The number of para-hydroxylation sites is 1. The number of amides is 2. The Bertz CT molecular complexity index is 590. The Balaban J connectivity index is 2.13. The summed E-state index contributed by atoms with van der Waals surface area (Å²) in [7, 11) is -1.02. The highest BCUT2D eigenvalue weighted by Gasteiger charge is 2.36. The summed E-state index contributed by atoms with van der Waals surface area (Å²) in [6, 6.07) is 6.64. The summed E-state index contributed by atoms with van der Waals surface area (Å²) >= 11 is 0. The van der Waals surface area contributed by atoms with Crippen molar-refractivity contribution in [1.29, 1.82) is 0 Å². The molecule has 0 fully saturated rings. The molecule has 3 atom stereocenters. The molecule has 114 valence electrons. The van der Waals surface area contributed by atoms with Crippen LogP contribution in [0.2, 0.25) is 0 Å². The lowest BCUT2D eigenvalue weighted by Crippen LogP contribution is -2.43. The Morgan fingerprint density at radius 2 is 2.14 bits per heavy atom. The van der Waals surface area contributed by atoms with Gasteiger partial charge >= 0.3 is 12.0 Å². The van der Waals surface area contributed by atoms with Crippen molar-refractivity contribution in [3.05, 3.63) is 29.8 Å². The number of carbonyl (C=O) groups excluding carboxylic acids is 1. The fourth-order valence-corrected chi connectivity index (χ4v) is 2.57. The van der Waals surface area contributed by atoms with Crippen LogP contribution < -0.4 is 10.2 Å². The Hall–Kier alpha value is -1.89. The van der Waals surface area contributed by atoms with Crippen LogP contribution in [-0.4, -0.2) is 45.9 Å². The topological polar surface area (TPSA) is 86.7 Å². The van der Waals surface area contributed by atoms with Crippen LogP contribution in [0.4, 0.5) is 10.5 Å². The normalized spacial score (nSPS) is 19.7. The number of aliphatic carboxylic acids is 1. The number of fused-ring (bicyclic) bond motifs is 1. The van der Waals surface area contributed by atoms with Crippen LogP contribution in [0.15, 0.2) is 24.3 Å². The van der Waals surface area contributed by atoms with E-state index in [0.717, 1.165) is 0 Å². The molecule has 1 aliphatic rings. The molecule has 0 aliphatic carbocycles. The molecule has 1 heterocycles. The van der Waals surface area contributed by atoms with E-state index < -0.39 is 22.7 Å². The first kappa shape index (κ1) is 15.5. The summed E-state index contributed by atoms with van der Waals surface area (Å²) in [6.45, 7) is 2.19. The summed E-state index contributed by atoms with van der Waals surface area (Å²) in [5.74, 6) is -1.65. The number of carboxylic acid groups (broad SMARTS) is 1. The van der Waals surface area contributed by atoms with Crippen molar-refractivity contribution >= 4 is 28.5 Å². The number of rotatable bonds is 4. The third kappa shape index (κ3) is 3.24. The smallest absolute Gasteiger partial charge is 0.321 e. The van der Waals surface area contributed by atoms with Crippen LogP contribution in [0, 0.1) is 0 Å². The molecule has 0 saturated carbocycles. The molecule has 21 heavy (non-hydrogen) atoms. The summed E-state index contributed by atoms with van der Waals surface area (Å²) in [5, 5.41) is 11.8. The zero-order chi connectivity index (χ0) is 15.6. The van der Waals surface area contributed by atoms with E-state index >= 15 is 0 Å². The van der Waals surface area contributed by atoms with Gasteiger partial charge in [-0.1, -0.05) is 18.2 Å². The number of urea groups is 1. The van der Waals surface area contributed by atoms with Crippen LogP contribution in [0.25, 0.3) is 0 Å². The molecule has 7 heteroatoms. The van der Waals surface area contributed by atoms with Gasteiger partial charge in [-0.3, -0.25) is 13.9 Å². The van der Waals surface area contributed by atoms with Crippen molar-refractivity contribution in [2.45, 2.75) is 18.1 Å². The summed E-state index contributed by atoms with van der Waals surface area (Å²) in [6.07, 6.45) is 1.59. The van der Waals surface area contributed by atoms with Crippen LogP contribution in [0.1, 0.15) is 18.4 Å². The molecule has 3 unspecified atom stereocenters. The van der Waals surface area contributed by atoms with E-state index in [4.69, 9.17) is 0 Å². The van der Waals surface area contributed by atoms with Gasteiger partial charge in [-0.15, -0.1) is 0 Å². The van der Waals surface area contributed by atoms with Crippen molar-refractivity contribution in [3.8, 4) is 0 Å². The average molecular weight is 310 g/mol. The van der Waals surface area contributed by atoms with E-state index in [-0.39, 0.29) is 17.8 Å². The Morgan fingerprint density at radius 1 is 1.48 bits per heavy atom. The lowest BCUT2D eigenvalue weighted by molar-refractivity contribution is -0.138. The second-order valence-electron chi connectivity index (χ2n) is 5.06. The number of benzene rings is 1. The second-order valence-corrected chi connectivity index (χ2v) is 6.86. The molecule has 2 rings (SSSR count). The van der Waals surface area contributed by atoms with Gasteiger partial charge in [0.25, 0.3) is 0 Å². The minimum atomic E-state index is -1.02. The third-order valence-corrected chi connectivity index (χ3v) is 4.92. The molecule has 1 aliphatic heterocycles. The first-order chi connectivity index (χ1) is 9.91. The predicted octanol–water partition coefficient (Wildman–Crippen LogP) is 1.15. The molecule has 2 N–H and O–H groups in total. The molecule has 6 nitrogen and oxygen atoms in total. The van der Waals surface area contributed by atoms with Crippen LogP contribution in [0.3, 0.4) is 0 Å². The van der Waals surface area contributed by atoms with E-state index in [1.807, 2.05) is 0 Å². The molecule has 0 aromatic heterocycles. The van der Waals surface area contributed by atoms with Gasteiger partial charge in [0.05, 0.1) is 0 Å². The van der Waals surface area contributed by atoms with E-state index in [2.05, 4.69) is 5.32 Å². The van der Waals surface area contributed by atoms with Gasteiger partial charge in [0.15, 0.2) is 0 Å². The molecule has 0 spiro atoms. The molecule has 0 saturated heterocycles. The van der Waals surface area contributed by atoms with Crippen molar-refractivity contribution in [1.82, 2.24) is 5.32 Å². The van der Waals surface area contributed by atoms with E-state index in [0.29, 0.717) is 17.8 Å². The maximum atomic E-state index is 12.2. The minimum Gasteiger partial charge on any atom is -0.481 e. The van der Waals surface area contributed by atoms with Gasteiger partial charge in [-0.2, -0.15) is 0 Å².